The molecule has 146 valence electrons. The molecule has 0 spiro atoms. The molecule has 10 nitrogen and oxygen atoms in total. The first-order valence-corrected chi connectivity index (χ1v) is 10.3. The van der Waals surface area contributed by atoms with E-state index in [1.807, 2.05) is 0 Å². The minimum Gasteiger partial charge on any atom is -0.349 e. The molecule has 1 aromatic heterocycles. The minimum absolute atomic E-state index is 0.110. The van der Waals surface area contributed by atoms with Gasteiger partial charge in [0.25, 0.3) is 0 Å². The van der Waals surface area contributed by atoms with Crippen LogP contribution in [0.25, 0.3) is 0 Å². The predicted molar refractivity (Wildman–Crippen MR) is 95.0 cm³/mol. The fraction of sp³-hybridized carbons (Fsp3) is 0.800. The molecule has 1 saturated heterocycles. The van der Waals surface area contributed by atoms with Gasteiger partial charge in [-0.3, -0.25) is 20.3 Å². The van der Waals surface area contributed by atoms with Crippen LogP contribution in [-0.2, 0) is 28.4 Å². The molecule has 0 bridgehead atoms. The SMILES string of the molecule is CC1CC2CNNC2C(S(=O)(=O)N(C)CC(=O)NCc2cn(C)nn2)C1. The predicted octanol–water partition coefficient (Wildman–Crippen LogP) is -1.42. The van der Waals surface area contributed by atoms with Crippen molar-refractivity contribution >= 4 is 15.9 Å². The number of carbonyl (C=O) groups is 1. The van der Waals surface area contributed by atoms with Crippen molar-refractivity contribution in [3.05, 3.63) is 11.9 Å². The summed E-state index contributed by atoms with van der Waals surface area (Å²) in [5, 5.41) is 9.84. The highest BCUT2D eigenvalue weighted by Crippen LogP contribution is 2.35. The van der Waals surface area contributed by atoms with Gasteiger partial charge in [-0.05, 0) is 24.7 Å². The molecule has 2 aliphatic rings. The Hall–Kier alpha value is -1.56. The lowest BCUT2D eigenvalue weighted by Gasteiger charge is -2.37. The van der Waals surface area contributed by atoms with Crippen molar-refractivity contribution in [3.8, 4) is 0 Å². The van der Waals surface area contributed by atoms with Crippen molar-refractivity contribution in [1.82, 2.24) is 35.5 Å². The average Bonchev–Trinajstić information content (AvgIpc) is 3.20. The summed E-state index contributed by atoms with van der Waals surface area (Å²) in [5.74, 6) is 0.286. The number of sulfonamides is 1. The maximum atomic E-state index is 13.0. The fourth-order valence-corrected chi connectivity index (χ4v) is 5.88. The van der Waals surface area contributed by atoms with Crippen molar-refractivity contribution in [2.75, 3.05) is 20.1 Å². The summed E-state index contributed by atoms with van der Waals surface area (Å²) in [5.41, 5.74) is 6.82. The number of hydrazine groups is 1. The summed E-state index contributed by atoms with van der Waals surface area (Å²) >= 11 is 0. The third-order valence-corrected chi connectivity index (χ3v) is 7.43. The van der Waals surface area contributed by atoms with E-state index in [1.54, 1.807) is 17.9 Å². The Morgan fingerprint density at radius 3 is 2.92 bits per heavy atom. The number of rotatable bonds is 6. The number of likely N-dealkylation sites (N-methyl/N-ethyl adjacent to an activating group) is 1. The number of aryl methyl sites for hydroxylation is 1. The molecule has 1 aliphatic heterocycles. The zero-order chi connectivity index (χ0) is 18.9. The first-order chi connectivity index (χ1) is 12.3. The van der Waals surface area contributed by atoms with E-state index in [0.29, 0.717) is 24.0 Å². The second-order valence-electron chi connectivity index (χ2n) is 7.39. The molecule has 1 saturated carbocycles. The van der Waals surface area contributed by atoms with Gasteiger partial charge in [0.15, 0.2) is 0 Å². The molecular formula is C15H27N7O3S. The Bertz CT molecular complexity index is 750. The Kier molecular flexibility index (Phi) is 5.61. The second-order valence-corrected chi connectivity index (χ2v) is 9.65. The standard InChI is InChI=1S/C15H27N7O3S/c1-10-4-11-6-17-19-15(11)13(5-10)26(24,25)22(3)9-14(23)16-7-12-8-21(2)20-18-12/h8,10-11,13,15,17,19H,4-7,9H2,1-3H3,(H,16,23). The number of amides is 1. The molecular weight excluding hydrogens is 358 g/mol. The quantitative estimate of drug-likeness (QED) is 0.550. The summed E-state index contributed by atoms with van der Waals surface area (Å²) in [6.45, 7) is 2.88. The monoisotopic (exact) mass is 385 g/mol. The molecule has 26 heavy (non-hydrogen) atoms. The van der Waals surface area contributed by atoms with Gasteiger partial charge in [-0.1, -0.05) is 12.1 Å². The van der Waals surface area contributed by atoms with E-state index in [-0.39, 0.29) is 25.0 Å². The van der Waals surface area contributed by atoms with Crippen molar-refractivity contribution in [3.63, 3.8) is 0 Å². The lowest BCUT2D eigenvalue weighted by molar-refractivity contribution is -0.121. The number of nitrogens with one attached hydrogen (secondary N) is 3. The van der Waals surface area contributed by atoms with Gasteiger partial charge in [0, 0.05) is 32.9 Å². The molecule has 0 radical (unpaired) electrons. The zero-order valence-electron chi connectivity index (χ0n) is 15.3. The third kappa shape index (κ3) is 4.05. The summed E-state index contributed by atoms with van der Waals surface area (Å²) in [6, 6.07) is -0.110. The molecule has 1 aromatic rings. The molecule has 2 heterocycles. The molecule has 1 aliphatic carbocycles. The molecule has 1 amide bonds. The van der Waals surface area contributed by atoms with E-state index in [4.69, 9.17) is 0 Å². The molecule has 4 atom stereocenters. The largest absolute Gasteiger partial charge is 0.349 e. The summed E-state index contributed by atoms with van der Waals surface area (Å²) in [7, 11) is -0.380. The van der Waals surface area contributed by atoms with Crippen molar-refractivity contribution in [2.45, 2.75) is 37.6 Å². The van der Waals surface area contributed by atoms with E-state index in [1.165, 1.54) is 11.4 Å². The molecule has 2 fully saturated rings. The highest BCUT2D eigenvalue weighted by molar-refractivity contribution is 7.89. The smallest absolute Gasteiger partial charge is 0.235 e. The van der Waals surface area contributed by atoms with E-state index < -0.39 is 15.3 Å². The van der Waals surface area contributed by atoms with E-state index in [9.17, 15) is 13.2 Å². The number of hydrogen-bond donors (Lipinski definition) is 3. The van der Waals surface area contributed by atoms with Crippen molar-refractivity contribution in [2.24, 2.45) is 18.9 Å². The van der Waals surface area contributed by atoms with Crippen LogP contribution < -0.4 is 16.2 Å². The second kappa shape index (κ2) is 7.59. The van der Waals surface area contributed by atoms with Crippen LogP contribution in [0.2, 0.25) is 0 Å². The third-order valence-electron chi connectivity index (χ3n) is 5.18. The Morgan fingerprint density at radius 1 is 1.46 bits per heavy atom. The van der Waals surface area contributed by atoms with Crippen molar-refractivity contribution in [1.29, 1.82) is 0 Å². The molecule has 3 rings (SSSR count). The summed E-state index contributed by atoms with van der Waals surface area (Å²) < 4.78 is 28.8. The van der Waals surface area contributed by atoms with Gasteiger partial charge in [-0.2, -0.15) is 4.31 Å². The van der Waals surface area contributed by atoms with Gasteiger partial charge in [0.1, 0.15) is 5.69 Å². The van der Waals surface area contributed by atoms with Crippen LogP contribution in [0.5, 0.6) is 0 Å². The van der Waals surface area contributed by atoms with E-state index in [2.05, 4.69) is 33.4 Å². The van der Waals surface area contributed by atoms with Gasteiger partial charge in [0.2, 0.25) is 15.9 Å². The zero-order valence-corrected chi connectivity index (χ0v) is 16.2. The molecule has 4 unspecified atom stereocenters. The summed E-state index contributed by atoms with van der Waals surface area (Å²) in [6.07, 6.45) is 3.31. The maximum Gasteiger partial charge on any atom is 0.235 e. The van der Waals surface area contributed by atoms with Crippen LogP contribution in [0.4, 0.5) is 0 Å². The number of hydrogen-bond acceptors (Lipinski definition) is 7. The molecule has 11 heteroatoms. The highest BCUT2D eigenvalue weighted by atomic mass is 32.2. The van der Waals surface area contributed by atoms with Gasteiger partial charge in [-0.25, -0.2) is 8.42 Å². The van der Waals surface area contributed by atoms with Crippen LogP contribution in [0, 0.1) is 11.8 Å². The van der Waals surface area contributed by atoms with E-state index >= 15 is 0 Å². The van der Waals surface area contributed by atoms with Crippen LogP contribution in [-0.4, -0.2) is 65.1 Å². The number of nitrogens with zero attached hydrogens (tertiary/aromatic N) is 4. The molecule has 3 N–H and O–H groups in total. The van der Waals surface area contributed by atoms with E-state index in [0.717, 1.165) is 13.0 Å². The fourth-order valence-electron chi connectivity index (χ4n) is 3.89. The van der Waals surface area contributed by atoms with Crippen LogP contribution >= 0.6 is 0 Å². The van der Waals surface area contributed by atoms with Crippen molar-refractivity contribution < 1.29 is 13.2 Å². The summed E-state index contributed by atoms with van der Waals surface area (Å²) in [4.78, 5) is 12.2. The van der Waals surface area contributed by atoms with Gasteiger partial charge >= 0.3 is 0 Å². The first kappa shape index (κ1) is 19.2. The maximum absolute atomic E-state index is 13.0. The number of carbonyl (C=O) groups excluding carboxylic acids is 1. The van der Waals surface area contributed by atoms with Crippen LogP contribution in [0.1, 0.15) is 25.5 Å². The highest BCUT2D eigenvalue weighted by Gasteiger charge is 2.46. The topological polar surface area (TPSA) is 121 Å². The van der Waals surface area contributed by atoms with Gasteiger partial charge < -0.3 is 5.32 Å². The average molecular weight is 385 g/mol. The Balaban J connectivity index is 1.60. The minimum atomic E-state index is -3.59. The molecule has 0 aromatic carbocycles. The lowest BCUT2D eigenvalue weighted by Crippen LogP contribution is -2.54. The Labute approximate surface area is 153 Å². The van der Waals surface area contributed by atoms with Crippen LogP contribution in [0.3, 0.4) is 0 Å². The lowest BCUT2D eigenvalue weighted by atomic mass is 9.79. The number of aromatic nitrogens is 3. The van der Waals surface area contributed by atoms with Gasteiger partial charge in [0.05, 0.1) is 18.3 Å². The normalized spacial score (nSPS) is 28.9. The van der Waals surface area contributed by atoms with Crippen LogP contribution in [0.15, 0.2) is 6.20 Å². The Morgan fingerprint density at radius 2 is 2.23 bits per heavy atom. The van der Waals surface area contributed by atoms with Gasteiger partial charge in [-0.15, -0.1) is 5.10 Å². The number of fused-ring (bicyclic) bond motifs is 1. The first-order valence-electron chi connectivity index (χ1n) is 8.83.